The summed E-state index contributed by atoms with van der Waals surface area (Å²) < 4.78 is 32.6. The summed E-state index contributed by atoms with van der Waals surface area (Å²) in [5.74, 6) is -1.55. The van der Waals surface area contributed by atoms with Gasteiger partial charge in [-0.3, -0.25) is 14.5 Å². The van der Waals surface area contributed by atoms with E-state index >= 15 is 0 Å². The molecule has 1 saturated heterocycles. The van der Waals surface area contributed by atoms with Gasteiger partial charge in [-0.2, -0.15) is 4.98 Å². The molecule has 0 aliphatic carbocycles. The summed E-state index contributed by atoms with van der Waals surface area (Å²) in [5, 5.41) is 10.6. The third-order valence-corrected chi connectivity index (χ3v) is 8.92. The SMILES string of the molecule is O=C1c2c(O)c(=O)nc(C3CCCN3C(=O)OCc3ccccc3)n2CCCN1CCS(=O)(=O)c1ccccc1. The quantitative estimate of drug-likeness (QED) is 0.461. The van der Waals surface area contributed by atoms with E-state index in [1.165, 1.54) is 26.5 Å². The van der Waals surface area contributed by atoms with Gasteiger partial charge in [0.1, 0.15) is 12.4 Å². The van der Waals surface area contributed by atoms with E-state index in [0.717, 1.165) is 5.56 Å². The lowest BCUT2D eigenvalue weighted by molar-refractivity contribution is 0.0762. The Morgan fingerprint density at radius 2 is 1.68 bits per heavy atom. The molecule has 0 spiro atoms. The molecule has 2 aliphatic heterocycles. The van der Waals surface area contributed by atoms with Crippen LogP contribution in [0.1, 0.15) is 47.2 Å². The molecule has 1 unspecified atom stereocenters. The first-order valence-corrected chi connectivity index (χ1v) is 14.8. The lowest BCUT2D eigenvalue weighted by Crippen LogP contribution is -2.38. The minimum absolute atomic E-state index is 0.0866. The first-order chi connectivity index (χ1) is 19.3. The lowest BCUT2D eigenvalue weighted by atomic mass is 10.2. The number of hydrogen-bond donors (Lipinski definition) is 1. The van der Waals surface area contributed by atoms with Crippen molar-refractivity contribution in [3.05, 3.63) is 88.1 Å². The van der Waals surface area contributed by atoms with Crippen molar-refractivity contribution in [1.29, 1.82) is 0 Å². The molecule has 2 aromatic carbocycles. The van der Waals surface area contributed by atoms with Crippen LogP contribution in [0.2, 0.25) is 0 Å². The molecule has 1 fully saturated rings. The zero-order chi connectivity index (χ0) is 28.3. The molecule has 40 heavy (non-hydrogen) atoms. The van der Waals surface area contributed by atoms with Crippen molar-refractivity contribution in [1.82, 2.24) is 19.4 Å². The van der Waals surface area contributed by atoms with Crippen LogP contribution in [0, 0.1) is 0 Å². The fourth-order valence-corrected chi connectivity index (χ4v) is 6.44. The number of fused-ring (bicyclic) bond motifs is 1. The van der Waals surface area contributed by atoms with Gasteiger partial charge in [0.05, 0.1) is 16.7 Å². The highest BCUT2D eigenvalue weighted by molar-refractivity contribution is 7.91. The van der Waals surface area contributed by atoms with Gasteiger partial charge in [0.25, 0.3) is 5.91 Å². The Bertz CT molecular complexity index is 1560. The number of carbonyl (C=O) groups excluding carboxylic acids is 2. The third-order valence-electron chi connectivity index (χ3n) is 7.21. The van der Waals surface area contributed by atoms with E-state index in [1.54, 1.807) is 18.2 Å². The summed E-state index contributed by atoms with van der Waals surface area (Å²) in [6.07, 6.45) is 1.03. The Morgan fingerprint density at radius 1 is 0.975 bits per heavy atom. The Hall–Kier alpha value is -4.19. The normalized spacial score (nSPS) is 17.4. The van der Waals surface area contributed by atoms with Gasteiger partial charge in [0.2, 0.25) is 5.75 Å². The second-order valence-corrected chi connectivity index (χ2v) is 11.9. The molecule has 5 rings (SSSR count). The molecule has 2 amide bonds. The van der Waals surface area contributed by atoms with Crippen LogP contribution in [0.4, 0.5) is 4.79 Å². The summed E-state index contributed by atoms with van der Waals surface area (Å²) in [5.41, 5.74) is -0.383. The van der Waals surface area contributed by atoms with E-state index in [2.05, 4.69) is 4.98 Å². The number of rotatable bonds is 7. The Morgan fingerprint density at radius 3 is 2.40 bits per heavy atom. The van der Waals surface area contributed by atoms with E-state index < -0.39 is 39.2 Å². The topological polar surface area (TPSA) is 139 Å². The number of likely N-dealkylation sites (tertiary alicyclic amines) is 1. The molecule has 3 aromatic rings. The molecule has 210 valence electrons. The highest BCUT2D eigenvalue weighted by atomic mass is 32.2. The molecule has 12 heteroatoms. The predicted octanol–water partition coefficient (Wildman–Crippen LogP) is 2.74. The third kappa shape index (κ3) is 5.57. The summed E-state index contributed by atoms with van der Waals surface area (Å²) in [6, 6.07) is 16.6. The number of sulfone groups is 1. The molecule has 0 saturated carbocycles. The smallest absolute Gasteiger partial charge is 0.410 e. The van der Waals surface area contributed by atoms with E-state index in [4.69, 9.17) is 4.74 Å². The number of aromatic hydroxyl groups is 1. The van der Waals surface area contributed by atoms with E-state index in [-0.39, 0.29) is 48.4 Å². The zero-order valence-corrected chi connectivity index (χ0v) is 22.6. The molecule has 0 bridgehead atoms. The second-order valence-electron chi connectivity index (χ2n) is 9.79. The van der Waals surface area contributed by atoms with E-state index in [0.29, 0.717) is 25.8 Å². The summed E-state index contributed by atoms with van der Waals surface area (Å²) in [7, 11) is -3.65. The lowest BCUT2D eigenvalue weighted by Gasteiger charge is -2.27. The number of carbonyl (C=O) groups is 2. The highest BCUT2D eigenvalue weighted by Gasteiger charge is 2.38. The number of nitrogens with zero attached hydrogens (tertiary/aromatic N) is 4. The Labute approximate surface area is 231 Å². The largest absolute Gasteiger partial charge is 0.501 e. The molecule has 3 heterocycles. The second kappa shape index (κ2) is 11.5. The van der Waals surface area contributed by atoms with Gasteiger partial charge in [0.15, 0.2) is 15.5 Å². The van der Waals surface area contributed by atoms with Crippen molar-refractivity contribution in [2.75, 3.05) is 25.4 Å². The van der Waals surface area contributed by atoms with Crippen molar-refractivity contribution in [3.8, 4) is 5.75 Å². The minimum atomic E-state index is -3.65. The maximum atomic E-state index is 13.6. The minimum Gasteiger partial charge on any atom is -0.501 e. The molecule has 1 aromatic heterocycles. The Balaban J connectivity index is 1.39. The molecule has 11 nitrogen and oxygen atoms in total. The average Bonchev–Trinajstić information content (AvgIpc) is 3.39. The van der Waals surface area contributed by atoms with Gasteiger partial charge in [0, 0.05) is 26.2 Å². The fourth-order valence-electron chi connectivity index (χ4n) is 5.17. The first kappa shape index (κ1) is 27.4. The van der Waals surface area contributed by atoms with Gasteiger partial charge in [-0.1, -0.05) is 48.5 Å². The number of benzene rings is 2. The van der Waals surface area contributed by atoms with Crippen LogP contribution < -0.4 is 5.56 Å². The van der Waals surface area contributed by atoms with Gasteiger partial charge in [-0.25, -0.2) is 13.2 Å². The number of aromatic nitrogens is 2. The van der Waals surface area contributed by atoms with Crippen LogP contribution in [-0.2, 0) is 27.7 Å². The van der Waals surface area contributed by atoms with Crippen molar-refractivity contribution in [3.63, 3.8) is 0 Å². The molecule has 1 N–H and O–H groups in total. The van der Waals surface area contributed by atoms with Crippen LogP contribution in [0.25, 0.3) is 0 Å². The van der Waals surface area contributed by atoms with Gasteiger partial charge >= 0.3 is 11.7 Å². The zero-order valence-electron chi connectivity index (χ0n) is 21.8. The predicted molar refractivity (Wildman–Crippen MR) is 144 cm³/mol. The maximum Gasteiger partial charge on any atom is 0.410 e. The standard InChI is InChI=1S/C28H30N4O7S/c33-24-23-27(35)30(17-18-40(37,38)21-11-5-2-6-12-21)14-8-16-32(23)25(29-26(24)34)22-13-7-15-31(22)28(36)39-19-20-9-3-1-4-10-20/h1-6,9-12,22,33H,7-8,13-19H2. The van der Waals surface area contributed by atoms with Gasteiger partial charge < -0.3 is 19.3 Å². The van der Waals surface area contributed by atoms with Crippen LogP contribution in [-0.4, -0.2) is 70.3 Å². The monoisotopic (exact) mass is 566 g/mol. The van der Waals surface area contributed by atoms with Crippen LogP contribution in [0.5, 0.6) is 5.75 Å². The molecule has 0 radical (unpaired) electrons. The van der Waals surface area contributed by atoms with Gasteiger partial charge in [-0.05, 0) is 37.0 Å². The van der Waals surface area contributed by atoms with E-state index in [1.807, 2.05) is 30.3 Å². The molecule has 2 aliphatic rings. The summed E-state index contributed by atoms with van der Waals surface area (Å²) >= 11 is 0. The molecular formula is C28H30N4O7S. The fraction of sp³-hybridized carbons (Fsp3) is 0.357. The molecule has 1 atom stereocenters. The summed E-state index contributed by atoms with van der Waals surface area (Å²) in [6.45, 7) is 0.849. The van der Waals surface area contributed by atoms with Crippen LogP contribution >= 0.6 is 0 Å². The number of hydrogen-bond acceptors (Lipinski definition) is 8. The van der Waals surface area contributed by atoms with Gasteiger partial charge in [-0.15, -0.1) is 0 Å². The summed E-state index contributed by atoms with van der Waals surface area (Å²) in [4.78, 5) is 46.4. The van der Waals surface area contributed by atoms with Crippen molar-refractivity contribution < 1.29 is 27.9 Å². The maximum absolute atomic E-state index is 13.6. The number of ether oxygens (including phenoxy) is 1. The number of amides is 2. The van der Waals surface area contributed by atoms with Crippen molar-refractivity contribution in [2.24, 2.45) is 0 Å². The molecular weight excluding hydrogens is 536 g/mol. The Kier molecular flexibility index (Phi) is 7.88. The van der Waals surface area contributed by atoms with Crippen molar-refractivity contribution in [2.45, 2.75) is 43.4 Å². The first-order valence-electron chi connectivity index (χ1n) is 13.1. The highest BCUT2D eigenvalue weighted by Crippen LogP contribution is 2.33. The van der Waals surface area contributed by atoms with E-state index in [9.17, 15) is 27.9 Å². The van der Waals surface area contributed by atoms with Crippen LogP contribution in [0.3, 0.4) is 0 Å². The average molecular weight is 567 g/mol. The van der Waals surface area contributed by atoms with Crippen LogP contribution in [0.15, 0.2) is 70.4 Å². The van der Waals surface area contributed by atoms with Crippen molar-refractivity contribution >= 4 is 21.8 Å².